The van der Waals surface area contributed by atoms with Crippen LogP contribution < -0.4 is 5.69 Å². The Morgan fingerprint density at radius 1 is 1.24 bits per heavy atom. The first kappa shape index (κ1) is 20.6. The molecule has 3 aromatic rings. The predicted molar refractivity (Wildman–Crippen MR) is 121 cm³/mol. The van der Waals surface area contributed by atoms with Gasteiger partial charge in [0.1, 0.15) is 5.82 Å². The van der Waals surface area contributed by atoms with E-state index in [4.69, 9.17) is 4.98 Å². The maximum atomic E-state index is 13.3. The van der Waals surface area contributed by atoms with Gasteiger partial charge in [-0.25, -0.2) is 9.78 Å². The molecule has 0 aliphatic carbocycles. The Balaban J connectivity index is 2.18. The van der Waals surface area contributed by atoms with E-state index in [1.807, 2.05) is 38.1 Å². The SMILES string of the molecule is C=N/C=C\c1c(CC)n(Cc2nc3ccccc3n2CCCC)c(=O)n1C(=C)C. The highest BCUT2D eigenvalue weighted by molar-refractivity contribution is 5.75. The molecule has 29 heavy (non-hydrogen) atoms. The third kappa shape index (κ3) is 3.88. The molecule has 2 heterocycles. The summed E-state index contributed by atoms with van der Waals surface area (Å²) in [5.41, 5.74) is 4.37. The summed E-state index contributed by atoms with van der Waals surface area (Å²) in [5, 5.41) is 0. The number of fused-ring (bicyclic) bond motifs is 1. The monoisotopic (exact) mass is 391 g/mol. The van der Waals surface area contributed by atoms with Crippen molar-refractivity contribution in [2.24, 2.45) is 4.99 Å². The highest BCUT2D eigenvalue weighted by atomic mass is 16.1. The molecule has 0 amide bonds. The molecule has 0 aliphatic rings. The first-order valence-corrected chi connectivity index (χ1v) is 10.1. The first-order valence-electron chi connectivity index (χ1n) is 10.1. The van der Waals surface area contributed by atoms with Gasteiger partial charge in [-0.1, -0.05) is 39.0 Å². The smallest absolute Gasteiger partial charge is 0.326 e. The Bertz CT molecular complexity index is 1130. The number of unbranched alkanes of at least 4 members (excludes halogenated alkanes) is 1. The van der Waals surface area contributed by atoms with Gasteiger partial charge < -0.3 is 4.57 Å². The lowest BCUT2D eigenvalue weighted by Gasteiger charge is -2.10. The standard InChI is InChI=1S/C23H29N5O/c1-6-8-15-26-20-12-10-9-11-18(20)25-22(26)16-27-19(7-2)21(13-14-24-5)28(17(3)4)23(27)29/h9-14H,3,5-8,15-16H2,1-2,4H3/b14-13-. The number of aliphatic imine (C=N–C) groups is 1. The lowest BCUT2D eigenvalue weighted by Crippen LogP contribution is -2.26. The van der Waals surface area contributed by atoms with Crippen molar-refractivity contribution in [3.05, 3.63) is 64.7 Å². The van der Waals surface area contributed by atoms with Crippen LogP contribution in [0.2, 0.25) is 0 Å². The highest BCUT2D eigenvalue weighted by Crippen LogP contribution is 2.20. The van der Waals surface area contributed by atoms with Gasteiger partial charge >= 0.3 is 5.69 Å². The van der Waals surface area contributed by atoms with E-state index < -0.39 is 0 Å². The molecule has 1 aromatic carbocycles. The Labute approximate surface area is 171 Å². The molecule has 0 aliphatic heterocycles. The van der Waals surface area contributed by atoms with Crippen LogP contribution >= 0.6 is 0 Å². The molecular formula is C23H29N5O. The maximum absolute atomic E-state index is 13.3. The van der Waals surface area contributed by atoms with Gasteiger partial charge in [0.2, 0.25) is 0 Å². The van der Waals surface area contributed by atoms with Gasteiger partial charge in [-0.05, 0) is 44.7 Å². The summed E-state index contributed by atoms with van der Waals surface area (Å²) < 4.78 is 5.68. The zero-order valence-electron chi connectivity index (χ0n) is 17.6. The molecule has 0 radical (unpaired) electrons. The fourth-order valence-corrected chi connectivity index (χ4v) is 3.76. The Morgan fingerprint density at radius 2 is 2.00 bits per heavy atom. The highest BCUT2D eigenvalue weighted by Gasteiger charge is 2.20. The summed E-state index contributed by atoms with van der Waals surface area (Å²) in [6.07, 6.45) is 6.30. The van der Waals surface area contributed by atoms with Crippen LogP contribution in [0.4, 0.5) is 0 Å². The Kier molecular flexibility index (Phi) is 6.32. The topological polar surface area (TPSA) is 57.1 Å². The van der Waals surface area contributed by atoms with Crippen molar-refractivity contribution in [2.45, 2.75) is 53.1 Å². The zero-order chi connectivity index (χ0) is 21.0. The average Bonchev–Trinajstić information content (AvgIpc) is 3.19. The van der Waals surface area contributed by atoms with E-state index in [2.05, 4.69) is 35.8 Å². The second-order valence-electron chi connectivity index (χ2n) is 7.15. The third-order valence-corrected chi connectivity index (χ3v) is 5.11. The number of allylic oxidation sites excluding steroid dienone is 1. The predicted octanol–water partition coefficient (Wildman–Crippen LogP) is 4.57. The van der Waals surface area contributed by atoms with Crippen LogP contribution in [0.3, 0.4) is 0 Å². The number of aryl methyl sites for hydroxylation is 1. The molecule has 3 rings (SSSR count). The maximum Gasteiger partial charge on any atom is 0.333 e. The lowest BCUT2D eigenvalue weighted by atomic mass is 10.2. The number of benzene rings is 1. The normalized spacial score (nSPS) is 11.6. The van der Waals surface area contributed by atoms with Gasteiger partial charge in [0.25, 0.3) is 0 Å². The number of hydrogen-bond donors (Lipinski definition) is 0. The van der Waals surface area contributed by atoms with E-state index in [0.29, 0.717) is 18.7 Å². The summed E-state index contributed by atoms with van der Waals surface area (Å²) in [7, 11) is 0. The molecule has 0 fully saturated rings. The van der Waals surface area contributed by atoms with E-state index in [1.165, 1.54) is 0 Å². The molecule has 0 saturated heterocycles. The van der Waals surface area contributed by atoms with Gasteiger partial charge in [0, 0.05) is 24.1 Å². The van der Waals surface area contributed by atoms with E-state index in [9.17, 15) is 4.79 Å². The van der Waals surface area contributed by atoms with Gasteiger partial charge in [0.15, 0.2) is 0 Å². The van der Waals surface area contributed by atoms with Crippen LogP contribution in [-0.2, 0) is 19.5 Å². The van der Waals surface area contributed by atoms with Crippen LogP contribution in [0, 0.1) is 0 Å². The summed E-state index contributed by atoms with van der Waals surface area (Å²) in [5.74, 6) is 0.896. The van der Waals surface area contributed by atoms with Gasteiger partial charge in [-0.15, -0.1) is 0 Å². The molecule has 6 heteroatoms. The largest absolute Gasteiger partial charge is 0.333 e. The zero-order valence-corrected chi connectivity index (χ0v) is 17.6. The Morgan fingerprint density at radius 3 is 2.66 bits per heavy atom. The molecule has 0 N–H and O–H groups in total. The van der Waals surface area contributed by atoms with Crippen LogP contribution in [0.15, 0.2) is 46.8 Å². The quantitative estimate of drug-likeness (QED) is 0.502. The summed E-state index contributed by atoms with van der Waals surface area (Å²) >= 11 is 0. The van der Waals surface area contributed by atoms with Crippen LogP contribution in [0.5, 0.6) is 0 Å². The summed E-state index contributed by atoms with van der Waals surface area (Å²) in [6.45, 7) is 14.9. The van der Waals surface area contributed by atoms with E-state index in [-0.39, 0.29) is 5.69 Å². The van der Waals surface area contributed by atoms with Crippen LogP contribution in [0.1, 0.15) is 50.8 Å². The fraction of sp³-hybridized carbons (Fsp3) is 0.348. The van der Waals surface area contributed by atoms with Crippen molar-refractivity contribution in [2.75, 3.05) is 0 Å². The molecule has 2 aromatic heterocycles. The van der Waals surface area contributed by atoms with E-state index >= 15 is 0 Å². The molecule has 0 spiro atoms. The lowest BCUT2D eigenvalue weighted by molar-refractivity contribution is 0.584. The molecule has 0 unspecified atom stereocenters. The molecule has 0 bridgehead atoms. The van der Waals surface area contributed by atoms with Crippen molar-refractivity contribution < 1.29 is 0 Å². The van der Waals surface area contributed by atoms with Crippen molar-refractivity contribution in [1.29, 1.82) is 0 Å². The first-order chi connectivity index (χ1) is 14.0. The third-order valence-electron chi connectivity index (χ3n) is 5.11. The molecule has 6 nitrogen and oxygen atoms in total. The van der Waals surface area contributed by atoms with E-state index in [0.717, 1.165) is 47.6 Å². The van der Waals surface area contributed by atoms with Crippen molar-refractivity contribution in [3.8, 4) is 0 Å². The van der Waals surface area contributed by atoms with Crippen molar-refractivity contribution in [1.82, 2.24) is 18.7 Å². The second kappa shape index (κ2) is 8.90. The molecule has 152 valence electrons. The van der Waals surface area contributed by atoms with Crippen molar-refractivity contribution in [3.63, 3.8) is 0 Å². The summed E-state index contributed by atoms with van der Waals surface area (Å²) in [4.78, 5) is 21.9. The number of rotatable bonds is 9. The van der Waals surface area contributed by atoms with Crippen LogP contribution in [0.25, 0.3) is 22.8 Å². The van der Waals surface area contributed by atoms with Gasteiger partial charge in [-0.2, -0.15) is 0 Å². The Hall–Kier alpha value is -3.15. The van der Waals surface area contributed by atoms with E-state index in [1.54, 1.807) is 15.3 Å². The average molecular weight is 392 g/mol. The minimum Gasteiger partial charge on any atom is -0.326 e. The minimum absolute atomic E-state index is 0.104. The van der Waals surface area contributed by atoms with Crippen molar-refractivity contribution >= 4 is 29.5 Å². The number of hydrogen-bond acceptors (Lipinski definition) is 3. The minimum atomic E-state index is -0.104. The van der Waals surface area contributed by atoms with Crippen LogP contribution in [-0.4, -0.2) is 25.4 Å². The van der Waals surface area contributed by atoms with Gasteiger partial charge in [0.05, 0.1) is 23.3 Å². The summed E-state index contributed by atoms with van der Waals surface area (Å²) in [6, 6.07) is 8.14. The number of nitrogens with zero attached hydrogens (tertiary/aromatic N) is 5. The second-order valence-corrected chi connectivity index (χ2v) is 7.15. The molecular weight excluding hydrogens is 362 g/mol. The molecule has 0 atom stereocenters. The number of para-hydroxylation sites is 2. The number of imidazole rings is 2. The number of aromatic nitrogens is 4. The van der Waals surface area contributed by atoms with Gasteiger partial charge in [-0.3, -0.25) is 14.1 Å². The molecule has 0 saturated carbocycles. The fourth-order valence-electron chi connectivity index (χ4n) is 3.76.